The molecule has 35 heavy (non-hydrogen) atoms. The van der Waals surface area contributed by atoms with Crippen LogP contribution in [0.2, 0.25) is 0 Å². The monoisotopic (exact) mass is 499 g/mol. The molecule has 9 nitrogen and oxygen atoms in total. The molecule has 0 amide bonds. The van der Waals surface area contributed by atoms with E-state index in [0.29, 0.717) is 34.2 Å². The quantitative estimate of drug-likeness (QED) is 0.372. The van der Waals surface area contributed by atoms with Gasteiger partial charge in [0.1, 0.15) is 17.8 Å². The van der Waals surface area contributed by atoms with Gasteiger partial charge < -0.3 is 11.1 Å². The second-order valence-corrected chi connectivity index (χ2v) is 10.1. The maximum Gasteiger partial charge on any atom is 0.240 e. The van der Waals surface area contributed by atoms with E-state index in [0.717, 1.165) is 43.6 Å². The molecule has 1 unspecified atom stereocenters. The maximum absolute atomic E-state index is 13.4. The Balaban J connectivity index is 1.40. The normalized spacial score (nSPS) is 16.6. The van der Waals surface area contributed by atoms with Crippen LogP contribution in [0.1, 0.15) is 24.4 Å². The third kappa shape index (κ3) is 4.59. The average Bonchev–Trinajstić information content (AvgIpc) is 3.26. The van der Waals surface area contributed by atoms with Gasteiger partial charge in [0.2, 0.25) is 10.0 Å². The fourth-order valence-corrected chi connectivity index (χ4v) is 5.21. The van der Waals surface area contributed by atoms with Crippen molar-refractivity contribution < 1.29 is 17.2 Å². The third-order valence-electron chi connectivity index (χ3n) is 6.03. The number of piperidine rings is 1. The van der Waals surface area contributed by atoms with E-state index in [-0.39, 0.29) is 17.5 Å². The largest absolute Gasteiger partial charge is 0.383 e. The number of benzene rings is 2. The summed E-state index contributed by atoms with van der Waals surface area (Å²) in [5, 5.41) is 8.88. The standard InChI is InChI=1S/C23H23F2N7O2S/c24-18-8-7-17(10-19(18)25)35(33,34)30-11-14-3-5-15(6-4-14)21-20-22(26)28-13-29-23(20)32(31-21)16-2-1-9-27-12-16/h3-8,10,13,16,27,30H,1-2,9,11-12H2,(H2,26,28,29). The Hall–Kier alpha value is -3.48. The molecular formula is C23H23F2N7O2S. The average molecular weight is 500 g/mol. The van der Waals surface area contributed by atoms with Crippen molar-refractivity contribution in [2.45, 2.75) is 30.3 Å². The fourth-order valence-electron chi connectivity index (χ4n) is 4.18. The Labute approximate surface area is 200 Å². The minimum atomic E-state index is -4.01. The molecule has 0 bridgehead atoms. The van der Waals surface area contributed by atoms with Crippen LogP contribution in [0.3, 0.4) is 0 Å². The molecule has 0 radical (unpaired) electrons. The zero-order chi connectivity index (χ0) is 24.6. The maximum atomic E-state index is 13.4. The van der Waals surface area contributed by atoms with Crippen molar-refractivity contribution in [2.24, 2.45) is 0 Å². The van der Waals surface area contributed by atoms with Crippen molar-refractivity contribution in [3.05, 3.63) is 66.0 Å². The van der Waals surface area contributed by atoms with E-state index >= 15 is 0 Å². The molecule has 4 aromatic rings. The lowest BCUT2D eigenvalue weighted by Crippen LogP contribution is -2.32. The lowest BCUT2D eigenvalue weighted by atomic mass is 10.1. The number of nitrogens with zero attached hydrogens (tertiary/aromatic N) is 4. The number of halogens is 2. The van der Waals surface area contributed by atoms with Crippen molar-refractivity contribution in [1.29, 1.82) is 0 Å². The second kappa shape index (κ2) is 9.29. The number of anilines is 1. The van der Waals surface area contributed by atoms with Crippen molar-refractivity contribution in [3.63, 3.8) is 0 Å². The predicted molar refractivity (Wildman–Crippen MR) is 127 cm³/mol. The molecular weight excluding hydrogens is 476 g/mol. The summed E-state index contributed by atoms with van der Waals surface area (Å²) in [5.74, 6) is -2.00. The second-order valence-electron chi connectivity index (χ2n) is 8.35. The van der Waals surface area contributed by atoms with Crippen LogP contribution >= 0.6 is 0 Å². The van der Waals surface area contributed by atoms with Crippen LogP contribution in [-0.4, -0.2) is 41.3 Å². The molecule has 2 aromatic heterocycles. The summed E-state index contributed by atoms with van der Waals surface area (Å²) in [4.78, 5) is 8.22. The molecule has 1 fully saturated rings. The molecule has 0 saturated carbocycles. The van der Waals surface area contributed by atoms with Gasteiger partial charge >= 0.3 is 0 Å². The Kier molecular flexibility index (Phi) is 6.17. The zero-order valence-electron chi connectivity index (χ0n) is 18.6. The molecule has 5 rings (SSSR count). The first-order chi connectivity index (χ1) is 16.8. The van der Waals surface area contributed by atoms with Gasteiger partial charge in [0.25, 0.3) is 0 Å². The Morgan fingerprint density at radius 2 is 1.91 bits per heavy atom. The molecule has 1 atom stereocenters. The zero-order valence-corrected chi connectivity index (χ0v) is 19.4. The van der Waals surface area contributed by atoms with E-state index in [4.69, 9.17) is 10.8 Å². The third-order valence-corrected chi connectivity index (χ3v) is 7.43. The van der Waals surface area contributed by atoms with Gasteiger partial charge in [-0.25, -0.2) is 36.6 Å². The van der Waals surface area contributed by atoms with E-state index in [9.17, 15) is 17.2 Å². The fraction of sp³-hybridized carbons (Fsp3) is 0.261. The van der Waals surface area contributed by atoms with E-state index < -0.39 is 21.7 Å². The molecule has 1 saturated heterocycles. The summed E-state index contributed by atoms with van der Waals surface area (Å²) in [6.07, 6.45) is 3.44. The first-order valence-corrected chi connectivity index (χ1v) is 12.6. The van der Waals surface area contributed by atoms with Gasteiger partial charge in [0.15, 0.2) is 17.3 Å². The number of sulfonamides is 1. The summed E-state index contributed by atoms with van der Waals surface area (Å²) in [6.45, 7) is 1.73. The summed E-state index contributed by atoms with van der Waals surface area (Å²) in [7, 11) is -4.01. The number of nitrogens with two attached hydrogens (primary N) is 1. The predicted octanol–water partition coefficient (Wildman–Crippen LogP) is 2.76. The first-order valence-electron chi connectivity index (χ1n) is 11.1. The Morgan fingerprint density at radius 1 is 1.11 bits per heavy atom. The van der Waals surface area contributed by atoms with Crippen LogP contribution in [0.15, 0.2) is 53.7 Å². The number of hydrogen-bond donors (Lipinski definition) is 3. The van der Waals surface area contributed by atoms with Gasteiger partial charge in [-0.2, -0.15) is 5.10 Å². The van der Waals surface area contributed by atoms with E-state index in [2.05, 4.69) is 20.0 Å². The van der Waals surface area contributed by atoms with Crippen LogP contribution in [0.4, 0.5) is 14.6 Å². The minimum absolute atomic E-state index is 0.0320. The molecule has 2 aromatic carbocycles. The first kappa shape index (κ1) is 23.3. The SMILES string of the molecule is Nc1ncnc2c1c(-c1ccc(CNS(=O)(=O)c3ccc(F)c(F)c3)cc1)nn2C1CCCNC1. The number of aromatic nitrogens is 4. The highest BCUT2D eigenvalue weighted by molar-refractivity contribution is 7.89. The highest BCUT2D eigenvalue weighted by Crippen LogP contribution is 2.33. The molecule has 0 spiro atoms. The van der Waals surface area contributed by atoms with Crippen LogP contribution in [0, 0.1) is 11.6 Å². The lowest BCUT2D eigenvalue weighted by Gasteiger charge is -2.23. The summed E-state index contributed by atoms with van der Waals surface area (Å²) in [6, 6.07) is 9.75. The molecule has 1 aliphatic rings. The van der Waals surface area contributed by atoms with Crippen LogP contribution in [0.25, 0.3) is 22.3 Å². The Bertz CT molecular complexity index is 1480. The summed E-state index contributed by atoms with van der Waals surface area (Å²) < 4.78 is 55.8. The van der Waals surface area contributed by atoms with Gasteiger partial charge in [-0.15, -0.1) is 0 Å². The van der Waals surface area contributed by atoms with E-state index in [1.807, 2.05) is 16.8 Å². The Morgan fingerprint density at radius 3 is 2.63 bits per heavy atom. The van der Waals surface area contributed by atoms with Gasteiger partial charge in [-0.3, -0.25) is 0 Å². The molecule has 4 N–H and O–H groups in total. The van der Waals surface area contributed by atoms with Gasteiger partial charge in [-0.1, -0.05) is 24.3 Å². The lowest BCUT2D eigenvalue weighted by molar-refractivity contribution is 0.354. The van der Waals surface area contributed by atoms with Crippen LogP contribution < -0.4 is 15.8 Å². The van der Waals surface area contributed by atoms with E-state index in [1.54, 1.807) is 12.1 Å². The number of hydrogen-bond acceptors (Lipinski definition) is 7. The molecule has 12 heteroatoms. The van der Waals surface area contributed by atoms with Crippen molar-refractivity contribution in [2.75, 3.05) is 18.8 Å². The minimum Gasteiger partial charge on any atom is -0.383 e. The van der Waals surface area contributed by atoms with Gasteiger partial charge in [0.05, 0.1) is 16.3 Å². The number of nitrogen functional groups attached to an aromatic ring is 1. The molecule has 182 valence electrons. The van der Waals surface area contributed by atoms with E-state index in [1.165, 1.54) is 6.33 Å². The molecule has 0 aliphatic carbocycles. The van der Waals surface area contributed by atoms with Crippen molar-refractivity contribution in [3.8, 4) is 11.3 Å². The van der Waals surface area contributed by atoms with Gasteiger partial charge in [-0.05, 0) is 43.1 Å². The molecule has 3 heterocycles. The highest BCUT2D eigenvalue weighted by Gasteiger charge is 2.23. The van der Waals surface area contributed by atoms with Crippen molar-refractivity contribution >= 4 is 26.9 Å². The van der Waals surface area contributed by atoms with Crippen LogP contribution in [-0.2, 0) is 16.6 Å². The summed E-state index contributed by atoms with van der Waals surface area (Å²) >= 11 is 0. The number of nitrogens with one attached hydrogen (secondary N) is 2. The topological polar surface area (TPSA) is 128 Å². The summed E-state index contributed by atoms with van der Waals surface area (Å²) in [5.41, 5.74) is 8.97. The van der Waals surface area contributed by atoms with Crippen molar-refractivity contribution in [1.82, 2.24) is 29.8 Å². The van der Waals surface area contributed by atoms with Crippen LogP contribution in [0.5, 0.6) is 0 Å². The molecule has 1 aliphatic heterocycles. The number of fused-ring (bicyclic) bond motifs is 1. The smallest absolute Gasteiger partial charge is 0.240 e. The highest BCUT2D eigenvalue weighted by atomic mass is 32.2. The number of rotatable bonds is 6. The van der Waals surface area contributed by atoms with Gasteiger partial charge in [0, 0.05) is 18.7 Å².